The maximum absolute atomic E-state index is 10.0. The summed E-state index contributed by atoms with van der Waals surface area (Å²) in [6, 6.07) is 0. The van der Waals surface area contributed by atoms with E-state index < -0.39 is 5.60 Å². The van der Waals surface area contributed by atoms with Crippen molar-refractivity contribution in [1.29, 1.82) is 0 Å². The second kappa shape index (κ2) is 2.86. The Balaban J connectivity index is 2.19. The van der Waals surface area contributed by atoms with E-state index in [1.807, 2.05) is 0 Å². The average molecular weight is 168 g/mol. The second-order valence-electron chi connectivity index (χ2n) is 3.34. The van der Waals surface area contributed by atoms with Gasteiger partial charge in [-0.1, -0.05) is 24.4 Å². The van der Waals surface area contributed by atoms with Crippen molar-refractivity contribution in [3.8, 4) is 0 Å². The van der Waals surface area contributed by atoms with E-state index in [0.29, 0.717) is 5.89 Å². The predicted molar refractivity (Wildman–Crippen MR) is 41.3 cm³/mol. The van der Waals surface area contributed by atoms with Crippen molar-refractivity contribution < 1.29 is 9.63 Å². The quantitative estimate of drug-likeness (QED) is 0.685. The molecule has 1 fully saturated rings. The zero-order valence-electron chi connectivity index (χ0n) is 6.86. The standard InChI is InChI=1S/C8H12N2O2/c11-8(4-2-1-3-5-8)7-9-6-10-12-7/h6,11H,1-5H2. The van der Waals surface area contributed by atoms with Crippen molar-refractivity contribution in [2.24, 2.45) is 0 Å². The van der Waals surface area contributed by atoms with Gasteiger partial charge in [0.25, 0.3) is 5.89 Å². The van der Waals surface area contributed by atoms with Crippen LogP contribution < -0.4 is 0 Å². The van der Waals surface area contributed by atoms with E-state index in [9.17, 15) is 5.11 Å². The summed E-state index contributed by atoms with van der Waals surface area (Å²) < 4.78 is 4.86. The first-order valence-corrected chi connectivity index (χ1v) is 4.31. The Kier molecular flexibility index (Phi) is 1.84. The van der Waals surface area contributed by atoms with Crippen LogP contribution in [0.2, 0.25) is 0 Å². The molecule has 0 aliphatic heterocycles. The lowest BCUT2D eigenvalue weighted by molar-refractivity contribution is -0.0287. The third kappa shape index (κ3) is 1.22. The van der Waals surface area contributed by atoms with Crippen LogP contribution in [0.4, 0.5) is 0 Å². The molecule has 12 heavy (non-hydrogen) atoms. The monoisotopic (exact) mass is 168 g/mol. The maximum atomic E-state index is 10.0. The molecule has 0 radical (unpaired) electrons. The Morgan fingerprint density at radius 2 is 2.08 bits per heavy atom. The Morgan fingerprint density at radius 3 is 2.67 bits per heavy atom. The molecule has 0 amide bonds. The topological polar surface area (TPSA) is 59.2 Å². The fraction of sp³-hybridized carbons (Fsp3) is 0.750. The number of rotatable bonds is 1. The first-order chi connectivity index (χ1) is 5.81. The van der Waals surface area contributed by atoms with Crippen LogP contribution >= 0.6 is 0 Å². The highest BCUT2D eigenvalue weighted by atomic mass is 16.5. The van der Waals surface area contributed by atoms with Crippen molar-refractivity contribution in [3.05, 3.63) is 12.2 Å². The van der Waals surface area contributed by atoms with Crippen LogP contribution in [0.5, 0.6) is 0 Å². The van der Waals surface area contributed by atoms with Gasteiger partial charge in [0.2, 0.25) is 0 Å². The minimum Gasteiger partial charge on any atom is -0.380 e. The number of hydrogen-bond acceptors (Lipinski definition) is 4. The molecule has 1 N–H and O–H groups in total. The SMILES string of the molecule is OC1(c2ncno2)CCCCC1. The van der Waals surface area contributed by atoms with Crippen molar-refractivity contribution in [2.75, 3.05) is 0 Å². The van der Waals surface area contributed by atoms with Gasteiger partial charge in [-0.3, -0.25) is 0 Å². The van der Waals surface area contributed by atoms with Gasteiger partial charge in [0.15, 0.2) is 6.33 Å². The van der Waals surface area contributed by atoms with Crippen LogP contribution in [-0.2, 0) is 5.60 Å². The molecule has 66 valence electrons. The van der Waals surface area contributed by atoms with E-state index >= 15 is 0 Å². The van der Waals surface area contributed by atoms with Crippen LogP contribution in [0.25, 0.3) is 0 Å². The molecule has 1 aliphatic rings. The molecule has 1 saturated carbocycles. The molecule has 1 heterocycles. The molecule has 4 heteroatoms. The molecule has 0 spiro atoms. The van der Waals surface area contributed by atoms with Gasteiger partial charge in [-0.15, -0.1) is 0 Å². The molecular formula is C8H12N2O2. The summed E-state index contributed by atoms with van der Waals surface area (Å²) in [5.41, 5.74) is -0.839. The smallest absolute Gasteiger partial charge is 0.258 e. The maximum Gasteiger partial charge on any atom is 0.258 e. The van der Waals surface area contributed by atoms with E-state index in [1.54, 1.807) is 0 Å². The van der Waals surface area contributed by atoms with Gasteiger partial charge in [-0.25, -0.2) is 0 Å². The normalized spacial score (nSPS) is 22.4. The molecule has 1 aliphatic carbocycles. The molecule has 0 bridgehead atoms. The van der Waals surface area contributed by atoms with Crippen LogP contribution in [0.3, 0.4) is 0 Å². The van der Waals surface area contributed by atoms with Crippen molar-refractivity contribution >= 4 is 0 Å². The van der Waals surface area contributed by atoms with Gasteiger partial charge < -0.3 is 9.63 Å². The third-order valence-electron chi connectivity index (χ3n) is 2.44. The Morgan fingerprint density at radius 1 is 1.33 bits per heavy atom. The van der Waals surface area contributed by atoms with E-state index in [1.165, 1.54) is 12.7 Å². The fourth-order valence-corrected chi connectivity index (χ4v) is 1.73. The summed E-state index contributed by atoms with van der Waals surface area (Å²) >= 11 is 0. The molecule has 2 rings (SSSR count). The highest BCUT2D eigenvalue weighted by molar-refractivity contribution is 4.96. The Bertz CT molecular complexity index is 240. The zero-order chi connectivity index (χ0) is 8.44. The summed E-state index contributed by atoms with van der Waals surface area (Å²) in [5.74, 6) is 0.377. The molecule has 0 saturated heterocycles. The van der Waals surface area contributed by atoms with Crippen LogP contribution in [0, 0.1) is 0 Å². The predicted octanol–water partition coefficient (Wildman–Crippen LogP) is 1.22. The lowest BCUT2D eigenvalue weighted by atomic mass is 9.85. The lowest BCUT2D eigenvalue weighted by Gasteiger charge is -2.27. The average Bonchev–Trinajstić information content (AvgIpc) is 2.58. The highest BCUT2D eigenvalue weighted by Gasteiger charge is 2.35. The fourth-order valence-electron chi connectivity index (χ4n) is 1.73. The molecule has 4 nitrogen and oxygen atoms in total. The molecule has 1 aromatic heterocycles. The number of aliphatic hydroxyl groups is 1. The number of hydrogen-bond donors (Lipinski definition) is 1. The summed E-state index contributed by atoms with van der Waals surface area (Å²) in [4.78, 5) is 3.88. The van der Waals surface area contributed by atoms with Gasteiger partial charge in [-0.05, 0) is 12.8 Å². The molecule has 0 atom stereocenters. The zero-order valence-corrected chi connectivity index (χ0v) is 6.86. The first-order valence-electron chi connectivity index (χ1n) is 4.31. The summed E-state index contributed by atoms with van der Waals surface area (Å²) in [6.07, 6.45) is 6.10. The Labute approximate surface area is 70.6 Å². The third-order valence-corrected chi connectivity index (χ3v) is 2.44. The van der Waals surface area contributed by atoms with E-state index in [4.69, 9.17) is 4.52 Å². The summed E-state index contributed by atoms with van der Waals surface area (Å²) in [5, 5.41) is 13.5. The Hall–Kier alpha value is -0.900. The largest absolute Gasteiger partial charge is 0.380 e. The van der Waals surface area contributed by atoms with Gasteiger partial charge in [0, 0.05) is 0 Å². The first kappa shape index (κ1) is 7.73. The summed E-state index contributed by atoms with van der Waals surface area (Å²) in [6.45, 7) is 0. The number of aromatic nitrogens is 2. The van der Waals surface area contributed by atoms with Crippen molar-refractivity contribution in [2.45, 2.75) is 37.7 Å². The highest BCUT2D eigenvalue weighted by Crippen LogP contribution is 2.35. The lowest BCUT2D eigenvalue weighted by Crippen LogP contribution is -2.28. The van der Waals surface area contributed by atoms with Crippen LogP contribution in [-0.4, -0.2) is 15.2 Å². The minimum absolute atomic E-state index is 0.377. The van der Waals surface area contributed by atoms with Crippen LogP contribution in [0.15, 0.2) is 10.9 Å². The van der Waals surface area contributed by atoms with Gasteiger partial charge in [-0.2, -0.15) is 4.98 Å². The van der Waals surface area contributed by atoms with Crippen LogP contribution in [0.1, 0.15) is 38.0 Å². The molecule has 1 aromatic rings. The van der Waals surface area contributed by atoms with Gasteiger partial charge in [0.1, 0.15) is 5.60 Å². The van der Waals surface area contributed by atoms with Gasteiger partial charge in [0.05, 0.1) is 0 Å². The van der Waals surface area contributed by atoms with Gasteiger partial charge >= 0.3 is 0 Å². The summed E-state index contributed by atoms with van der Waals surface area (Å²) in [7, 11) is 0. The van der Waals surface area contributed by atoms with Crippen molar-refractivity contribution in [3.63, 3.8) is 0 Å². The van der Waals surface area contributed by atoms with E-state index in [-0.39, 0.29) is 0 Å². The molecule has 0 aromatic carbocycles. The molecule has 0 unspecified atom stereocenters. The minimum atomic E-state index is -0.839. The molecular weight excluding hydrogens is 156 g/mol. The van der Waals surface area contributed by atoms with E-state index in [0.717, 1.165) is 25.7 Å². The second-order valence-corrected chi connectivity index (χ2v) is 3.34. The van der Waals surface area contributed by atoms with E-state index in [2.05, 4.69) is 10.1 Å². The number of nitrogens with zero attached hydrogens (tertiary/aromatic N) is 2. The van der Waals surface area contributed by atoms with Crippen molar-refractivity contribution in [1.82, 2.24) is 10.1 Å².